The van der Waals surface area contributed by atoms with Gasteiger partial charge in [-0.15, -0.1) is 0 Å². The molecule has 1 unspecified atom stereocenters. The standard InChI is InChI=1S/C26H19ClF2N2O6/c27-14-5-8-21(35-13-23(32)33)18(11-14)25-16-6-7-19(28)24(29)15(16)9-10-31(25)26(34)36-12-20-17-3-1-2-4-22(17)37-30-20/h1-8,11,25H,9-10,12-13H2,(H,32,33). The van der Waals surface area contributed by atoms with Crippen molar-refractivity contribution in [1.82, 2.24) is 10.1 Å². The number of aliphatic carboxylic acids is 1. The minimum absolute atomic E-state index is 0.0126. The lowest BCUT2D eigenvalue weighted by molar-refractivity contribution is -0.139. The largest absolute Gasteiger partial charge is 0.482 e. The van der Waals surface area contributed by atoms with Crippen molar-refractivity contribution in [3.05, 3.63) is 93.6 Å². The van der Waals surface area contributed by atoms with Crippen LogP contribution >= 0.6 is 11.6 Å². The van der Waals surface area contributed by atoms with E-state index in [1.54, 1.807) is 24.3 Å². The molecule has 1 aliphatic rings. The third-order valence-corrected chi connectivity index (χ3v) is 6.31. The number of aromatic nitrogens is 1. The summed E-state index contributed by atoms with van der Waals surface area (Å²) in [6.45, 7) is -0.862. The second-order valence-corrected chi connectivity index (χ2v) is 8.76. The zero-order valence-corrected chi connectivity index (χ0v) is 19.9. The van der Waals surface area contributed by atoms with Gasteiger partial charge in [0.2, 0.25) is 0 Å². The highest BCUT2D eigenvalue weighted by Gasteiger charge is 2.37. The quantitative estimate of drug-likeness (QED) is 0.352. The third-order valence-electron chi connectivity index (χ3n) is 6.08. The summed E-state index contributed by atoms with van der Waals surface area (Å²) in [5.41, 5.74) is 1.65. The Balaban J connectivity index is 1.52. The number of hydrogen-bond acceptors (Lipinski definition) is 6. The zero-order valence-electron chi connectivity index (χ0n) is 19.1. The molecule has 0 radical (unpaired) electrons. The van der Waals surface area contributed by atoms with Gasteiger partial charge in [0, 0.05) is 22.5 Å². The Morgan fingerprint density at radius 2 is 1.95 bits per heavy atom. The molecule has 0 saturated heterocycles. The number of carbonyl (C=O) groups is 2. The molecular weight excluding hydrogens is 510 g/mol. The first-order valence-corrected chi connectivity index (χ1v) is 11.6. The van der Waals surface area contributed by atoms with Crippen molar-refractivity contribution in [1.29, 1.82) is 0 Å². The van der Waals surface area contributed by atoms with Gasteiger partial charge in [0.05, 0.1) is 6.04 Å². The number of ether oxygens (including phenoxy) is 2. The maximum atomic E-state index is 14.8. The number of carbonyl (C=O) groups excluding carboxylic acids is 1. The van der Waals surface area contributed by atoms with Gasteiger partial charge in [0.25, 0.3) is 0 Å². The van der Waals surface area contributed by atoms with Gasteiger partial charge in [-0.25, -0.2) is 18.4 Å². The smallest absolute Gasteiger partial charge is 0.410 e. The van der Waals surface area contributed by atoms with Gasteiger partial charge in [0.1, 0.15) is 18.1 Å². The van der Waals surface area contributed by atoms with E-state index in [2.05, 4.69) is 5.16 Å². The number of halogens is 3. The first kappa shape index (κ1) is 24.5. The predicted molar refractivity (Wildman–Crippen MR) is 127 cm³/mol. The molecule has 1 amide bonds. The molecule has 2 heterocycles. The molecule has 0 saturated carbocycles. The minimum Gasteiger partial charge on any atom is -0.482 e. The van der Waals surface area contributed by atoms with Gasteiger partial charge in [-0.2, -0.15) is 0 Å². The van der Waals surface area contributed by atoms with E-state index in [1.807, 2.05) is 0 Å². The van der Waals surface area contributed by atoms with E-state index in [-0.39, 0.29) is 35.9 Å². The Bertz CT molecular complexity index is 1510. The molecule has 190 valence electrons. The van der Waals surface area contributed by atoms with Crippen LogP contribution in [0.2, 0.25) is 5.02 Å². The predicted octanol–water partition coefficient (Wildman–Crippen LogP) is 5.51. The molecule has 5 rings (SSSR count). The molecule has 1 aromatic heterocycles. The molecule has 11 heteroatoms. The summed E-state index contributed by atoms with van der Waals surface area (Å²) in [5.74, 6) is -3.12. The van der Waals surface area contributed by atoms with Crippen LogP contribution < -0.4 is 4.74 Å². The van der Waals surface area contributed by atoms with Crippen LogP contribution in [0, 0.1) is 11.6 Å². The summed E-state index contributed by atoms with van der Waals surface area (Å²) in [4.78, 5) is 25.8. The van der Waals surface area contributed by atoms with E-state index in [0.717, 1.165) is 6.07 Å². The summed E-state index contributed by atoms with van der Waals surface area (Å²) in [6, 6.07) is 12.9. The monoisotopic (exact) mass is 528 g/mol. The fourth-order valence-corrected chi connectivity index (χ4v) is 4.62. The van der Waals surface area contributed by atoms with Crippen molar-refractivity contribution in [2.45, 2.75) is 19.1 Å². The van der Waals surface area contributed by atoms with Crippen molar-refractivity contribution in [3.63, 3.8) is 0 Å². The average Bonchev–Trinajstić information content (AvgIpc) is 3.31. The molecular formula is C26H19ClF2N2O6. The number of para-hydroxylation sites is 1. The maximum absolute atomic E-state index is 14.8. The molecule has 0 fully saturated rings. The lowest BCUT2D eigenvalue weighted by Gasteiger charge is -2.37. The van der Waals surface area contributed by atoms with Gasteiger partial charge in [-0.1, -0.05) is 35.0 Å². The molecule has 1 aliphatic heterocycles. The van der Waals surface area contributed by atoms with Crippen LogP contribution in [0.5, 0.6) is 5.75 Å². The number of carboxylic acids is 1. The van der Waals surface area contributed by atoms with Gasteiger partial charge < -0.3 is 19.1 Å². The van der Waals surface area contributed by atoms with Crippen LogP contribution in [-0.4, -0.2) is 40.4 Å². The molecule has 0 aliphatic carbocycles. The molecule has 4 aromatic rings. The van der Waals surface area contributed by atoms with Crippen molar-refractivity contribution in [3.8, 4) is 5.75 Å². The lowest BCUT2D eigenvalue weighted by Crippen LogP contribution is -2.41. The maximum Gasteiger partial charge on any atom is 0.410 e. The van der Waals surface area contributed by atoms with Crippen LogP contribution in [0.25, 0.3) is 11.0 Å². The fourth-order valence-electron chi connectivity index (χ4n) is 4.44. The van der Waals surface area contributed by atoms with Crippen molar-refractivity contribution >= 4 is 34.6 Å². The highest BCUT2D eigenvalue weighted by Crippen LogP contribution is 2.42. The number of amides is 1. The van der Waals surface area contributed by atoms with Crippen LogP contribution in [0.3, 0.4) is 0 Å². The number of hydrogen-bond donors (Lipinski definition) is 1. The lowest BCUT2D eigenvalue weighted by atomic mass is 9.87. The summed E-state index contributed by atoms with van der Waals surface area (Å²) in [5, 5.41) is 14.0. The van der Waals surface area contributed by atoms with Crippen molar-refractivity contribution in [2.24, 2.45) is 0 Å². The molecule has 1 N–H and O–H groups in total. The Morgan fingerprint density at radius 1 is 1.14 bits per heavy atom. The van der Waals surface area contributed by atoms with E-state index in [4.69, 9.17) is 30.7 Å². The molecule has 0 spiro atoms. The summed E-state index contributed by atoms with van der Waals surface area (Å²) >= 11 is 6.23. The zero-order chi connectivity index (χ0) is 26.1. The van der Waals surface area contributed by atoms with Gasteiger partial charge in [-0.05, 0) is 53.9 Å². The normalized spacial score (nSPS) is 14.9. The third kappa shape index (κ3) is 4.79. The number of rotatable bonds is 6. The Labute approximate surface area is 213 Å². The molecule has 8 nitrogen and oxygen atoms in total. The Kier molecular flexibility index (Phi) is 6.66. The van der Waals surface area contributed by atoms with Gasteiger partial charge >= 0.3 is 12.1 Å². The van der Waals surface area contributed by atoms with Crippen LogP contribution in [0.15, 0.2) is 59.1 Å². The van der Waals surface area contributed by atoms with Crippen molar-refractivity contribution < 1.29 is 37.5 Å². The first-order valence-electron chi connectivity index (χ1n) is 11.2. The molecule has 1 atom stereocenters. The summed E-state index contributed by atoms with van der Waals surface area (Å²) in [6.07, 6.45) is -0.722. The minimum atomic E-state index is -1.21. The second-order valence-electron chi connectivity index (χ2n) is 8.32. The van der Waals surface area contributed by atoms with E-state index in [1.165, 1.54) is 29.2 Å². The number of nitrogens with zero attached hydrogens (tertiary/aromatic N) is 2. The SMILES string of the molecule is O=C(O)COc1ccc(Cl)cc1C1c2ccc(F)c(F)c2CCN1C(=O)OCc1noc2ccccc12. The Hall–Kier alpha value is -4.18. The average molecular weight is 529 g/mol. The van der Waals surface area contributed by atoms with E-state index in [0.29, 0.717) is 27.8 Å². The van der Waals surface area contributed by atoms with Crippen LogP contribution in [0.4, 0.5) is 13.6 Å². The van der Waals surface area contributed by atoms with Gasteiger partial charge in [0.15, 0.2) is 23.8 Å². The van der Waals surface area contributed by atoms with Crippen LogP contribution in [-0.2, 0) is 22.6 Å². The van der Waals surface area contributed by atoms with E-state index < -0.39 is 36.3 Å². The number of fused-ring (bicyclic) bond motifs is 2. The Morgan fingerprint density at radius 3 is 2.76 bits per heavy atom. The molecule has 37 heavy (non-hydrogen) atoms. The van der Waals surface area contributed by atoms with Crippen molar-refractivity contribution in [2.75, 3.05) is 13.2 Å². The molecule has 0 bridgehead atoms. The van der Waals surface area contributed by atoms with E-state index in [9.17, 15) is 18.4 Å². The first-order chi connectivity index (χ1) is 17.8. The summed E-state index contributed by atoms with van der Waals surface area (Å²) < 4.78 is 45.0. The molecule has 3 aromatic carbocycles. The summed E-state index contributed by atoms with van der Waals surface area (Å²) in [7, 11) is 0. The second kappa shape index (κ2) is 10.1. The topological polar surface area (TPSA) is 102 Å². The van der Waals surface area contributed by atoms with Gasteiger partial charge in [-0.3, -0.25) is 4.90 Å². The number of carboxylic acid groups (broad SMARTS) is 1. The fraction of sp³-hybridized carbons (Fsp3) is 0.192. The number of benzene rings is 3. The van der Waals surface area contributed by atoms with Crippen LogP contribution in [0.1, 0.15) is 28.4 Å². The van der Waals surface area contributed by atoms with E-state index >= 15 is 0 Å². The highest BCUT2D eigenvalue weighted by molar-refractivity contribution is 6.30. The highest BCUT2D eigenvalue weighted by atomic mass is 35.5.